The number of halogens is 1. The molecule has 2 saturated heterocycles. The fraction of sp³-hybridized carbons (Fsp3) is 0.188. The number of rotatable bonds is 5. The van der Waals surface area contributed by atoms with Crippen molar-refractivity contribution in [2.45, 2.75) is 18.0 Å². The van der Waals surface area contributed by atoms with Gasteiger partial charge in [0.25, 0.3) is 5.91 Å². The van der Waals surface area contributed by atoms with Crippen molar-refractivity contribution in [1.29, 1.82) is 0 Å². The van der Waals surface area contributed by atoms with E-state index in [0.717, 1.165) is 27.8 Å². The number of carbonyl (C=O) groups is 2. The van der Waals surface area contributed by atoms with Gasteiger partial charge in [0.1, 0.15) is 12.0 Å². The molecule has 4 aromatic carbocycles. The quantitative estimate of drug-likeness (QED) is 0.208. The molecule has 0 radical (unpaired) electrons. The molecule has 0 spiro atoms. The van der Waals surface area contributed by atoms with Crippen LogP contribution in [0.2, 0.25) is 0 Å². The summed E-state index contributed by atoms with van der Waals surface area (Å²) in [6.07, 6.45) is 2.14. The van der Waals surface area contributed by atoms with Gasteiger partial charge in [0.15, 0.2) is 0 Å². The van der Waals surface area contributed by atoms with Crippen LogP contribution in [0.4, 0.5) is 11.4 Å². The van der Waals surface area contributed by atoms with E-state index >= 15 is 0 Å². The lowest BCUT2D eigenvalue weighted by Gasteiger charge is -2.44. The van der Waals surface area contributed by atoms with Crippen molar-refractivity contribution in [1.82, 2.24) is 4.57 Å². The van der Waals surface area contributed by atoms with Crippen LogP contribution in [0, 0.1) is 0 Å². The van der Waals surface area contributed by atoms with E-state index in [4.69, 9.17) is 16.3 Å². The van der Waals surface area contributed by atoms with Crippen molar-refractivity contribution in [3.63, 3.8) is 0 Å². The van der Waals surface area contributed by atoms with Crippen LogP contribution in [0.5, 0.6) is 0 Å². The highest BCUT2D eigenvalue weighted by atomic mass is 35.5. The number of morpholine rings is 1. The highest BCUT2D eigenvalue weighted by molar-refractivity contribution is 6.37. The first-order valence-electron chi connectivity index (χ1n) is 13.1. The maximum Gasteiger partial charge on any atom is 0.253 e. The van der Waals surface area contributed by atoms with Crippen LogP contribution in [0.1, 0.15) is 17.2 Å². The number of hydrogen-bond acceptors (Lipinski definition) is 3. The van der Waals surface area contributed by atoms with Crippen LogP contribution in [0.3, 0.4) is 0 Å². The van der Waals surface area contributed by atoms with Crippen LogP contribution in [-0.2, 0) is 20.9 Å². The number of carbonyl (C=O) groups excluding carboxylic acids is 2. The van der Waals surface area contributed by atoms with Crippen molar-refractivity contribution in [3.8, 4) is 0 Å². The van der Waals surface area contributed by atoms with Crippen molar-refractivity contribution in [2.24, 2.45) is 0 Å². The Morgan fingerprint density at radius 1 is 0.846 bits per heavy atom. The Morgan fingerprint density at radius 3 is 2.41 bits per heavy atom. The normalized spacial score (nSPS) is 19.6. The molecule has 6 nitrogen and oxygen atoms in total. The van der Waals surface area contributed by atoms with Crippen molar-refractivity contribution < 1.29 is 14.3 Å². The second kappa shape index (κ2) is 9.56. The standard InChI is InChI=1S/C32H26ClN3O3/c33-30-31(36(32(30)38)25-13-11-24(12-14-25)35-15-16-39-20-29(35)37)27-19-34(28-8-4-3-7-26(27)28)18-21-9-10-22-5-1-2-6-23(22)17-21/h1-14,17,19,30-31H,15-16,18,20H2. The Balaban J connectivity index is 1.22. The van der Waals surface area contributed by atoms with E-state index in [0.29, 0.717) is 19.7 Å². The number of nitrogens with zero attached hydrogens (tertiary/aromatic N) is 3. The Labute approximate surface area is 230 Å². The molecule has 0 bridgehead atoms. The highest BCUT2D eigenvalue weighted by Crippen LogP contribution is 2.45. The van der Waals surface area contributed by atoms with Crippen LogP contribution in [0.15, 0.2) is 97.2 Å². The first-order chi connectivity index (χ1) is 19.1. The van der Waals surface area contributed by atoms with Gasteiger partial charge in [-0.3, -0.25) is 9.59 Å². The summed E-state index contributed by atoms with van der Waals surface area (Å²) in [5.74, 6) is -0.185. The third-order valence-corrected chi connectivity index (χ3v) is 8.18. The lowest BCUT2D eigenvalue weighted by Crippen LogP contribution is -2.56. The van der Waals surface area contributed by atoms with Gasteiger partial charge in [-0.25, -0.2) is 0 Å². The lowest BCUT2D eigenvalue weighted by molar-refractivity contribution is -0.126. The lowest BCUT2D eigenvalue weighted by atomic mass is 9.92. The van der Waals surface area contributed by atoms with Crippen LogP contribution in [-0.4, -0.2) is 41.5 Å². The Hall–Kier alpha value is -4.13. The van der Waals surface area contributed by atoms with Gasteiger partial charge >= 0.3 is 0 Å². The van der Waals surface area contributed by atoms with Gasteiger partial charge in [0.2, 0.25) is 5.91 Å². The van der Waals surface area contributed by atoms with Crippen molar-refractivity contribution >= 4 is 56.5 Å². The second-order valence-corrected chi connectivity index (χ2v) is 10.6. The molecule has 2 atom stereocenters. The van der Waals surface area contributed by atoms with Crippen LogP contribution < -0.4 is 9.80 Å². The summed E-state index contributed by atoms with van der Waals surface area (Å²) in [7, 11) is 0. The number of aromatic nitrogens is 1. The summed E-state index contributed by atoms with van der Waals surface area (Å²) >= 11 is 6.68. The number of amides is 2. The number of β-lactam (4-membered cyclic amide) rings is 1. The van der Waals surface area contributed by atoms with Gasteiger partial charge < -0.3 is 19.1 Å². The van der Waals surface area contributed by atoms with Crippen LogP contribution >= 0.6 is 11.6 Å². The smallest absolute Gasteiger partial charge is 0.253 e. The second-order valence-electron chi connectivity index (χ2n) is 10.1. The molecule has 39 heavy (non-hydrogen) atoms. The molecule has 2 aliphatic rings. The number of ether oxygens (including phenoxy) is 1. The zero-order valence-electron chi connectivity index (χ0n) is 21.2. The summed E-state index contributed by atoms with van der Waals surface area (Å²) in [6.45, 7) is 1.83. The summed E-state index contributed by atoms with van der Waals surface area (Å²) in [5, 5.41) is 2.87. The van der Waals surface area contributed by atoms with Crippen molar-refractivity contribution in [3.05, 3.63) is 108 Å². The van der Waals surface area contributed by atoms with Gasteiger partial charge in [0.05, 0.1) is 12.6 Å². The molecule has 0 N–H and O–H groups in total. The summed E-state index contributed by atoms with van der Waals surface area (Å²) in [6, 6.07) is 30.4. The molecule has 0 saturated carbocycles. The topological polar surface area (TPSA) is 54.8 Å². The number of anilines is 2. The monoisotopic (exact) mass is 535 g/mol. The minimum Gasteiger partial charge on any atom is -0.370 e. The molecule has 7 heteroatoms. The van der Waals surface area contributed by atoms with E-state index in [1.807, 2.05) is 36.4 Å². The van der Waals surface area contributed by atoms with Gasteiger partial charge in [-0.1, -0.05) is 54.6 Å². The predicted molar refractivity (Wildman–Crippen MR) is 154 cm³/mol. The van der Waals surface area contributed by atoms with E-state index in [2.05, 4.69) is 65.4 Å². The molecular weight excluding hydrogens is 510 g/mol. The Bertz CT molecular complexity index is 1730. The SMILES string of the molecule is O=C1COCCN1c1ccc(N2C(=O)C(Cl)C2c2cn(Cc3ccc4ccccc4c3)c3ccccc23)cc1. The maximum absolute atomic E-state index is 13.0. The average molecular weight is 536 g/mol. The molecule has 2 fully saturated rings. The number of para-hydroxylation sites is 1. The fourth-order valence-electron chi connectivity index (χ4n) is 5.80. The van der Waals surface area contributed by atoms with Crippen LogP contribution in [0.25, 0.3) is 21.7 Å². The molecule has 2 unspecified atom stereocenters. The molecule has 5 aromatic rings. The minimum atomic E-state index is -0.648. The average Bonchev–Trinajstić information content (AvgIpc) is 3.33. The minimum absolute atomic E-state index is 0.0630. The van der Waals surface area contributed by atoms with E-state index in [9.17, 15) is 9.59 Å². The number of benzene rings is 4. The summed E-state index contributed by atoms with van der Waals surface area (Å²) in [5.41, 5.74) is 4.89. The van der Waals surface area contributed by atoms with E-state index in [1.54, 1.807) is 9.80 Å². The molecule has 194 valence electrons. The molecule has 2 amide bonds. The van der Waals surface area contributed by atoms with Gasteiger partial charge in [0, 0.05) is 47.1 Å². The number of hydrogen-bond donors (Lipinski definition) is 0. The third-order valence-electron chi connectivity index (χ3n) is 7.76. The van der Waals surface area contributed by atoms with Crippen molar-refractivity contribution in [2.75, 3.05) is 29.6 Å². The Kier molecular flexibility index (Phi) is 5.87. The zero-order chi connectivity index (χ0) is 26.5. The fourth-order valence-corrected chi connectivity index (χ4v) is 6.15. The Morgan fingerprint density at radius 2 is 1.59 bits per heavy atom. The first kappa shape index (κ1) is 23.9. The van der Waals surface area contributed by atoms with E-state index in [-0.39, 0.29) is 24.5 Å². The van der Waals surface area contributed by atoms with Gasteiger partial charge in [-0.2, -0.15) is 0 Å². The molecule has 0 aliphatic carbocycles. The molecule has 3 heterocycles. The van der Waals surface area contributed by atoms with E-state index in [1.165, 1.54) is 16.3 Å². The molecular formula is C32H26ClN3O3. The largest absolute Gasteiger partial charge is 0.370 e. The zero-order valence-corrected chi connectivity index (χ0v) is 21.9. The van der Waals surface area contributed by atoms with Gasteiger partial charge in [-0.05, 0) is 52.7 Å². The summed E-state index contributed by atoms with van der Waals surface area (Å²) < 4.78 is 7.49. The number of fused-ring (bicyclic) bond motifs is 2. The summed E-state index contributed by atoms with van der Waals surface area (Å²) in [4.78, 5) is 28.8. The maximum atomic E-state index is 13.0. The molecule has 1 aromatic heterocycles. The number of alkyl halides is 1. The highest BCUT2D eigenvalue weighted by Gasteiger charge is 2.49. The molecule has 2 aliphatic heterocycles. The predicted octanol–water partition coefficient (Wildman–Crippen LogP) is 5.90. The first-order valence-corrected chi connectivity index (χ1v) is 13.5. The molecule has 7 rings (SSSR count). The third kappa shape index (κ3) is 4.08. The van der Waals surface area contributed by atoms with Gasteiger partial charge in [-0.15, -0.1) is 11.6 Å². The van der Waals surface area contributed by atoms with E-state index < -0.39 is 5.38 Å².